The quantitative estimate of drug-likeness (QED) is 0.496. The molecule has 4 heterocycles. The first kappa shape index (κ1) is 17.2. The third-order valence-corrected chi connectivity index (χ3v) is 4.45. The van der Waals surface area contributed by atoms with Gasteiger partial charge in [-0.1, -0.05) is 0 Å². The Bertz CT molecular complexity index is 1190. The molecule has 0 aliphatic rings. The van der Waals surface area contributed by atoms with E-state index in [0.717, 1.165) is 22.2 Å². The van der Waals surface area contributed by atoms with Crippen molar-refractivity contribution >= 4 is 28.5 Å². The van der Waals surface area contributed by atoms with Gasteiger partial charge in [-0.3, -0.25) is 9.97 Å². The molecule has 4 rings (SSSR count). The Morgan fingerprint density at radius 2 is 1.96 bits per heavy atom. The lowest BCUT2D eigenvalue weighted by Crippen LogP contribution is -2.12. The molecule has 0 fully saturated rings. The van der Waals surface area contributed by atoms with Crippen molar-refractivity contribution in [2.24, 2.45) is 0 Å². The highest BCUT2D eigenvalue weighted by atomic mass is 15.1. The van der Waals surface area contributed by atoms with Crippen molar-refractivity contribution in [3.8, 4) is 11.8 Å². The summed E-state index contributed by atoms with van der Waals surface area (Å²) in [5.74, 6) is 0.358. The maximum absolute atomic E-state index is 9.39. The lowest BCUT2D eigenvalue weighted by atomic mass is 10.1. The van der Waals surface area contributed by atoms with Gasteiger partial charge in [0, 0.05) is 29.5 Å². The molecule has 0 amide bonds. The van der Waals surface area contributed by atoms with Crippen LogP contribution in [0.2, 0.25) is 0 Å². The lowest BCUT2D eigenvalue weighted by Gasteiger charge is -2.16. The fourth-order valence-electron chi connectivity index (χ4n) is 3.15. The number of nitrogen functional groups attached to an aromatic ring is 2. The van der Waals surface area contributed by atoms with E-state index in [2.05, 4.69) is 25.3 Å². The van der Waals surface area contributed by atoms with E-state index in [9.17, 15) is 5.26 Å². The monoisotopic (exact) mass is 371 g/mol. The zero-order valence-electron chi connectivity index (χ0n) is 15.0. The van der Waals surface area contributed by atoms with Gasteiger partial charge >= 0.3 is 0 Å². The van der Waals surface area contributed by atoms with Crippen LogP contribution in [-0.4, -0.2) is 24.5 Å². The van der Waals surface area contributed by atoms with Crippen LogP contribution >= 0.6 is 0 Å². The molecule has 138 valence electrons. The van der Waals surface area contributed by atoms with E-state index in [0.29, 0.717) is 5.82 Å². The second-order valence-electron chi connectivity index (χ2n) is 6.23. The summed E-state index contributed by atoms with van der Waals surface area (Å²) in [6, 6.07) is 7.63. The molecule has 0 radical (unpaired) electrons. The highest BCUT2D eigenvalue weighted by Gasteiger charge is 2.18. The van der Waals surface area contributed by atoms with Gasteiger partial charge in [0.25, 0.3) is 0 Å². The van der Waals surface area contributed by atoms with Crippen molar-refractivity contribution in [2.75, 3.05) is 16.8 Å². The molecule has 5 N–H and O–H groups in total. The number of rotatable bonds is 4. The number of hydrogen-bond donors (Lipinski definition) is 3. The number of nitriles is 1. The molecule has 0 saturated carbocycles. The minimum Gasteiger partial charge on any atom is -0.382 e. The van der Waals surface area contributed by atoms with Crippen molar-refractivity contribution in [1.29, 1.82) is 5.26 Å². The number of anilines is 3. The first-order valence-electron chi connectivity index (χ1n) is 8.53. The number of nitrogens with one attached hydrogen (secondary N) is 1. The minimum atomic E-state index is -0.191. The van der Waals surface area contributed by atoms with Crippen molar-refractivity contribution in [3.63, 3.8) is 0 Å². The number of nitrogens with zero attached hydrogens (tertiary/aromatic N) is 6. The maximum Gasteiger partial charge on any atom is 0.224 e. The maximum atomic E-state index is 9.39. The predicted molar refractivity (Wildman–Crippen MR) is 106 cm³/mol. The topological polar surface area (TPSA) is 144 Å². The molecule has 0 aliphatic heterocycles. The first-order chi connectivity index (χ1) is 13.6. The fraction of sp³-hybridized carbons (Fsp3) is 0.105. The van der Waals surface area contributed by atoms with Crippen LogP contribution < -0.4 is 16.8 Å². The van der Waals surface area contributed by atoms with E-state index in [4.69, 9.17) is 11.5 Å². The number of hydrogen-bond acceptors (Lipinski definition) is 8. The first-order valence-corrected chi connectivity index (χ1v) is 8.53. The summed E-state index contributed by atoms with van der Waals surface area (Å²) in [7, 11) is 0. The third-order valence-electron chi connectivity index (χ3n) is 4.45. The summed E-state index contributed by atoms with van der Waals surface area (Å²) in [5, 5.41) is 13.6. The van der Waals surface area contributed by atoms with E-state index < -0.39 is 0 Å². The van der Waals surface area contributed by atoms with Gasteiger partial charge in [-0.2, -0.15) is 15.2 Å². The average Bonchev–Trinajstić information content (AvgIpc) is 3.08. The molecule has 1 unspecified atom stereocenters. The zero-order valence-corrected chi connectivity index (χ0v) is 15.0. The minimum absolute atomic E-state index is 0.00758. The van der Waals surface area contributed by atoms with Crippen LogP contribution in [0.3, 0.4) is 0 Å². The zero-order chi connectivity index (χ0) is 19.7. The summed E-state index contributed by atoms with van der Waals surface area (Å²) < 4.78 is 2.02. The number of fused-ring (bicyclic) bond motifs is 1. The van der Waals surface area contributed by atoms with E-state index in [-0.39, 0.29) is 23.4 Å². The molecule has 28 heavy (non-hydrogen) atoms. The molecule has 0 aromatic carbocycles. The van der Waals surface area contributed by atoms with E-state index in [1.165, 1.54) is 0 Å². The molecule has 0 bridgehead atoms. The largest absolute Gasteiger partial charge is 0.382 e. The van der Waals surface area contributed by atoms with Crippen LogP contribution in [0.4, 0.5) is 17.6 Å². The van der Waals surface area contributed by atoms with Crippen LogP contribution in [0.5, 0.6) is 0 Å². The Labute approximate surface area is 160 Å². The predicted octanol–water partition coefficient (Wildman–Crippen LogP) is 2.42. The van der Waals surface area contributed by atoms with Gasteiger partial charge in [0.15, 0.2) is 5.82 Å². The molecule has 4 aromatic rings. The second-order valence-corrected chi connectivity index (χ2v) is 6.23. The Morgan fingerprint density at radius 3 is 2.71 bits per heavy atom. The number of aromatic nitrogens is 5. The third kappa shape index (κ3) is 2.93. The van der Waals surface area contributed by atoms with Gasteiger partial charge in [0.2, 0.25) is 5.95 Å². The van der Waals surface area contributed by atoms with Crippen LogP contribution in [0.15, 0.2) is 49.2 Å². The van der Waals surface area contributed by atoms with E-state index in [1.807, 2.05) is 42.0 Å². The molecule has 0 aliphatic carbocycles. The van der Waals surface area contributed by atoms with Crippen molar-refractivity contribution < 1.29 is 0 Å². The van der Waals surface area contributed by atoms with Crippen LogP contribution in [0.25, 0.3) is 16.6 Å². The second kappa shape index (κ2) is 6.85. The SMILES string of the molecule is CC(Nc1nc(N)nc(N)c1C#N)c1cn(-c2cccnc2)c2cnccc12. The Balaban J connectivity index is 1.79. The van der Waals surface area contributed by atoms with Gasteiger partial charge in [-0.05, 0) is 25.1 Å². The van der Waals surface area contributed by atoms with Crippen LogP contribution in [-0.2, 0) is 0 Å². The molecule has 0 spiro atoms. The van der Waals surface area contributed by atoms with Gasteiger partial charge in [0.1, 0.15) is 17.5 Å². The molecular formula is C19H17N9. The van der Waals surface area contributed by atoms with Crippen molar-refractivity contribution in [2.45, 2.75) is 13.0 Å². The average molecular weight is 371 g/mol. The van der Waals surface area contributed by atoms with Gasteiger partial charge in [0.05, 0.1) is 29.6 Å². The smallest absolute Gasteiger partial charge is 0.224 e. The Kier molecular flexibility index (Phi) is 4.21. The Hall–Kier alpha value is -4.19. The molecule has 0 saturated heterocycles. The summed E-state index contributed by atoms with van der Waals surface area (Å²) >= 11 is 0. The van der Waals surface area contributed by atoms with Crippen LogP contribution in [0, 0.1) is 11.3 Å². The molecule has 4 aromatic heterocycles. The van der Waals surface area contributed by atoms with Gasteiger partial charge < -0.3 is 21.4 Å². The highest BCUT2D eigenvalue weighted by Crippen LogP contribution is 2.31. The van der Waals surface area contributed by atoms with E-state index >= 15 is 0 Å². The van der Waals surface area contributed by atoms with E-state index in [1.54, 1.807) is 24.8 Å². The van der Waals surface area contributed by atoms with Crippen LogP contribution in [0.1, 0.15) is 24.1 Å². The highest BCUT2D eigenvalue weighted by molar-refractivity contribution is 5.85. The molecule has 9 nitrogen and oxygen atoms in total. The van der Waals surface area contributed by atoms with Gasteiger partial charge in [-0.25, -0.2) is 0 Å². The normalized spacial score (nSPS) is 11.9. The van der Waals surface area contributed by atoms with Gasteiger partial charge in [-0.15, -0.1) is 0 Å². The molecular weight excluding hydrogens is 354 g/mol. The fourth-order valence-corrected chi connectivity index (χ4v) is 3.15. The standard InChI is InChI=1S/C19H17N9/c1-11(25-18-14(7-20)17(21)26-19(22)27-18)15-10-28(12-3-2-5-23-8-12)16-9-24-6-4-13(15)16/h2-6,8-11H,1H3,(H5,21,22,25,26,27). The van der Waals surface area contributed by atoms with Crippen molar-refractivity contribution in [1.82, 2.24) is 24.5 Å². The summed E-state index contributed by atoms with van der Waals surface area (Å²) in [6.07, 6.45) is 9.08. The molecule has 1 atom stereocenters. The summed E-state index contributed by atoms with van der Waals surface area (Å²) in [5.41, 5.74) is 14.5. The Morgan fingerprint density at radius 1 is 1.14 bits per heavy atom. The number of pyridine rings is 2. The summed E-state index contributed by atoms with van der Waals surface area (Å²) in [4.78, 5) is 16.4. The van der Waals surface area contributed by atoms with Crippen molar-refractivity contribution in [3.05, 3.63) is 60.3 Å². The number of nitrogens with two attached hydrogens (primary N) is 2. The molecule has 9 heteroatoms. The summed E-state index contributed by atoms with van der Waals surface area (Å²) in [6.45, 7) is 1.97. The lowest BCUT2D eigenvalue weighted by molar-refractivity contribution is 0.874.